The molecule has 0 aliphatic heterocycles. The number of aromatic nitrogens is 2. The number of thioether (sulfide) groups is 1. The van der Waals surface area contributed by atoms with Gasteiger partial charge in [0.25, 0.3) is 0 Å². The van der Waals surface area contributed by atoms with E-state index in [2.05, 4.69) is 15.5 Å². The molecule has 1 saturated carbocycles. The summed E-state index contributed by atoms with van der Waals surface area (Å²) in [6, 6.07) is 7.73. The molecule has 25 heavy (non-hydrogen) atoms. The zero-order valence-electron chi connectivity index (χ0n) is 14.0. The topological polar surface area (TPSA) is 68.0 Å². The van der Waals surface area contributed by atoms with Crippen LogP contribution in [0.3, 0.4) is 0 Å². The van der Waals surface area contributed by atoms with Gasteiger partial charge in [0.2, 0.25) is 17.6 Å². The van der Waals surface area contributed by atoms with Gasteiger partial charge in [0, 0.05) is 28.8 Å². The van der Waals surface area contributed by atoms with Crippen molar-refractivity contribution in [1.29, 1.82) is 0 Å². The van der Waals surface area contributed by atoms with Crippen LogP contribution in [-0.4, -0.2) is 27.8 Å². The summed E-state index contributed by atoms with van der Waals surface area (Å²) < 4.78 is 5.26. The van der Waals surface area contributed by atoms with Gasteiger partial charge in [-0.25, -0.2) is 0 Å². The highest BCUT2D eigenvalue weighted by atomic mass is 35.5. The zero-order chi connectivity index (χ0) is 17.5. The fourth-order valence-corrected chi connectivity index (χ4v) is 3.89. The van der Waals surface area contributed by atoms with Crippen LogP contribution in [0.4, 0.5) is 0 Å². The third kappa shape index (κ3) is 5.75. The fraction of sp³-hybridized carbons (Fsp3) is 0.500. The van der Waals surface area contributed by atoms with Gasteiger partial charge in [-0.05, 0) is 25.0 Å². The minimum Gasteiger partial charge on any atom is -0.353 e. The van der Waals surface area contributed by atoms with Gasteiger partial charge in [0.15, 0.2) is 0 Å². The lowest BCUT2D eigenvalue weighted by Gasteiger charge is -2.22. The predicted molar refractivity (Wildman–Crippen MR) is 101 cm³/mol. The average Bonchev–Trinajstić information content (AvgIpc) is 3.09. The molecule has 1 heterocycles. The van der Waals surface area contributed by atoms with Crippen molar-refractivity contribution in [2.75, 3.05) is 5.75 Å². The first-order chi connectivity index (χ1) is 12.2. The molecular weight excluding hydrogens is 358 g/mol. The molecule has 1 fully saturated rings. The summed E-state index contributed by atoms with van der Waals surface area (Å²) in [5, 5.41) is 7.75. The van der Waals surface area contributed by atoms with E-state index in [4.69, 9.17) is 16.1 Å². The molecule has 2 aromatic rings. The molecule has 0 bridgehead atoms. The summed E-state index contributed by atoms with van der Waals surface area (Å²) in [7, 11) is 0. The zero-order valence-corrected chi connectivity index (χ0v) is 15.6. The number of nitrogens with one attached hydrogen (secondary N) is 1. The standard InChI is InChI=1S/C18H22ClN3O2S/c19-14-6-4-5-13(11-14)18-21-17(24-22-18)12-25-10-9-16(23)20-15-7-2-1-3-8-15/h4-6,11,15H,1-3,7-10,12H2,(H,20,23). The van der Waals surface area contributed by atoms with E-state index in [0.29, 0.717) is 35.0 Å². The summed E-state index contributed by atoms with van der Waals surface area (Å²) >= 11 is 7.60. The van der Waals surface area contributed by atoms with Gasteiger partial charge in [-0.2, -0.15) is 16.7 Å². The Morgan fingerprint density at radius 1 is 1.32 bits per heavy atom. The van der Waals surface area contributed by atoms with Crippen LogP contribution in [0.25, 0.3) is 11.4 Å². The van der Waals surface area contributed by atoms with Gasteiger partial charge < -0.3 is 9.84 Å². The quantitative estimate of drug-likeness (QED) is 0.719. The molecule has 1 amide bonds. The first kappa shape index (κ1) is 18.3. The van der Waals surface area contributed by atoms with Crippen molar-refractivity contribution in [2.45, 2.75) is 50.3 Å². The number of hydrogen-bond acceptors (Lipinski definition) is 5. The number of benzene rings is 1. The average molecular weight is 380 g/mol. The maximum absolute atomic E-state index is 12.0. The Morgan fingerprint density at radius 2 is 2.16 bits per heavy atom. The van der Waals surface area contributed by atoms with Crippen molar-refractivity contribution >= 4 is 29.3 Å². The van der Waals surface area contributed by atoms with Crippen LogP contribution >= 0.6 is 23.4 Å². The summed E-state index contributed by atoms with van der Waals surface area (Å²) in [5.74, 6) is 2.59. The fourth-order valence-electron chi connectivity index (χ4n) is 2.93. The largest absolute Gasteiger partial charge is 0.353 e. The van der Waals surface area contributed by atoms with Crippen LogP contribution in [0.1, 0.15) is 44.4 Å². The molecule has 1 aromatic heterocycles. The maximum atomic E-state index is 12.0. The molecule has 1 N–H and O–H groups in total. The van der Waals surface area contributed by atoms with Crippen molar-refractivity contribution < 1.29 is 9.32 Å². The first-order valence-corrected chi connectivity index (χ1v) is 10.2. The molecule has 1 aliphatic carbocycles. The summed E-state index contributed by atoms with van der Waals surface area (Å²) in [4.78, 5) is 16.3. The monoisotopic (exact) mass is 379 g/mol. The third-order valence-electron chi connectivity index (χ3n) is 4.22. The van der Waals surface area contributed by atoms with Gasteiger partial charge in [-0.15, -0.1) is 0 Å². The Bertz CT molecular complexity index is 701. The van der Waals surface area contributed by atoms with Crippen LogP contribution in [0.15, 0.2) is 28.8 Å². The second-order valence-electron chi connectivity index (χ2n) is 6.23. The van der Waals surface area contributed by atoms with Gasteiger partial charge >= 0.3 is 0 Å². The molecule has 5 nitrogen and oxygen atoms in total. The van der Waals surface area contributed by atoms with E-state index >= 15 is 0 Å². The molecule has 0 atom stereocenters. The van der Waals surface area contributed by atoms with Gasteiger partial charge in [0.1, 0.15) is 0 Å². The van der Waals surface area contributed by atoms with Crippen molar-refractivity contribution in [3.63, 3.8) is 0 Å². The lowest BCUT2D eigenvalue weighted by Crippen LogP contribution is -2.36. The number of rotatable bonds is 7. The summed E-state index contributed by atoms with van der Waals surface area (Å²) in [5.41, 5.74) is 0.833. The smallest absolute Gasteiger partial charge is 0.236 e. The Morgan fingerprint density at radius 3 is 2.96 bits per heavy atom. The van der Waals surface area contributed by atoms with E-state index in [9.17, 15) is 4.79 Å². The predicted octanol–water partition coefficient (Wildman–Crippen LogP) is 4.46. The summed E-state index contributed by atoms with van der Waals surface area (Å²) in [6.45, 7) is 0. The number of halogens is 1. The third-order valence-corrected chi connectivity index (χ3v) is 5.40. The molecule has 0 unspecified atom stereocenters. The van der Waals surface area contributed by atoms with Crippen LogP contribution < -0.4 is 5.32 Å². The normalized spacial score (nSPS) is 15.2. The van der Waals surface area contributed by atoms with E-state index in [1.165, 1.54) is 19.3 Å². The van der Waals surface area contributed by atoms with Gasteiger partial charge in [0.05, 0.1) is 5.75 Å². The highest BCUT2D eigenvalue weighted by Gasteiger charge is 2.15. The highest BCUT2D eigenvalue weighted by Crippen LogP contribution is 2.21. The number of carbonyl (C=O) groups excluding carboxylic acids is 1. The Labute approximate surface area is 156 Å². The minimum absolute atomic E-state index is 0.143. The van der Waals surface area contributed by atoms with E-state index in [1.54, 1.807) is 23.9 Å². The Hall–Kier alpha value is -1.53. The Kier molecular flexibility index (Phi) is 6.76. The molecule has 1 aliphatic rings. The molecule has 134 valence electrons. The van der Waals surface area contributed by atoms with E-state index in [1.807, 2.05) is 12.1 Å². The highest BCUT2D eigenvalue weighted by molar-refractivity contribution is 7.98. The van der Waals surface area contributed by atoms with Crippen molar-refractivity contribution in [3.05, 3.63) is 35.2 Å². The molecule has 3 rings (SSSR count). The van der Waals surface area contributed by atoms with E-state index < -0.39 is 0 Å². The molecule has 1 aromatic carbocycles. The minimum atomic E-state index is 0.143. The van der Waals surface area contributed by atoms with Crippen LogP contribution in [0, 0.1) is 0 Å². The van der Waals surface area contributed by atoms with Gasteiger partial charge in [-0.3, -0.25) is 4.79 Å². The number of carbonyl (C=O) groups is 1. The number of amides is 1. The number of nitrogens with zero attached hydrogens (tertiary/aromatic N) is 2. The van der Waals surface area contributed by atoms with Crippen LogP contribution in [-0.2, 0) is 10.5 Å². The lowest BCUT2D eigenvalue weighted by atomic mass is 9.95. The van der Waals surface area contributed by atoms with E-state index in [-0.39, 0.29) is 5.91 Å². The van der Waals surface area contributed by atoms with Crippen LogP contribution in [0.2, 0.25) is 5.02 Å². The maximum Gasteiger partial charge on any atom is 0.236 e. The molecule has 0 saturated heterocycles. The second-order valence-corrected chi connectivity index (χ2v) is 7.77. The van der Waals surface area contributed by atoms with Gasteiger partial charge in [-0.1, -0.05) is 48.2 Å². The Balaban J connectivity index is 1.38. The van der Waals surface area contributed by atoms with Crippen LogP contribution in [0.5, 0.6) is 0 Å². The SMILES string of the molecule is O=C(CCSCc1nc(-c2cccc(Cl)c2)no1)NC1CCCCC1. The first-order valence-electron chi connectivity index (χ1n) is 8.66. The number of hydrogen-bond donors (Lipinski definition) is 1. The molecular formula is C18H22ClN3O2S. The van der Waals surface area contributed by atoms with Crippen molar-refractivity contribution in [2.24, 2.45) is 0 Å². The molecule has 7 heteroatoms. The van der Waals surface area contributed by atoms with E-state index in [0.717, 1.165) is 24.2 Å². The molecule has 0 radical (unpaired) electrons. The van der Waals surface area contributed by atoms with Crippen molar-refractivity contribution in [3.8, 4) is 11.4 Å². The summed E-state index contributed by atoms with van der Waals surface area (Å²) in [6.07, 6.45) is 6.51. The van der Waals surface area contributed by atoms with Crippen molar-refractivity contribution in [1.82, 2.24) is 15.5 Å². The molecule has 0 spiro atoms. The lowest BCUT2D eigenvalue weighted by molar-refractivity contribution is -0.121. The second kappa shape index (κ2) is 9.25.